The Bertz CT molecular complexity index is 370. The fourth-order valence-corrected chi connectivity index (χ4v) is 0.778. The first kappa shape index (κ1) is 7.99. The zero-order chi connectivity index (χ0) is 8.97. The van der Waals surface area contributed by atoms with Crippen molar-refractivity contribution in [1.29, 1.82) is 10.5 Å². The van der Waals surface area contributed by atoms with Crippen LogP contribution in [0.3, 0.4) is 0 Å². The molecule has 0 fully saturated rings. The Morgan fingerprint density at radius 2 is 2.17 bits per heavy atom. The van der Waals surface area contributed by atoms with Crippen LogP contribution < -0.4 is 11.3 Å². The number of nitrogens with two attached hydrogens (primary N) is 1. The third-order valence-corrected chi connectivity index (χ3v) is 1.32. The summed E-state index contributed by atoms with van der Waals surface area (Å²) >= 11 is 0. The van der Waals surface area contributed by atoms with Crippen molar-refractivity contribution in [3.05, 3.63) is 23.4 Å². The van der Waals surface area contributed by atoms with Crippen LogP contribution in [0.5, 0.6) is 0 Å². The molecule has 0 amide bonds. The molecule has 0 unspecified atom stereocenters. The van der Waals surface area contributed by atoms with Crippen LogP contribution >= 0.6 is 0 Å². The number of hydrogen-bond acceptors (Lipinski definition) is 5. The molecule has 0 spiro atoms. The van der Waals surface area contributed by atoms with Crippen LogP contribution in [0.2, 0.25) is 0 Å². The fraction of sp³-hybridized carbons (Fsp3) is 0. The number of nitrogen functional groups attached to an aromatic ring is 1. The number of hydrogen-bond donors (Lipinski definition) is 2. The fourth-order valence-electron chi connectivity index (χ4n) is 0.778. The van der Waals surface area contributed by atoms with Gasteiger partial charge in [0.05, 0.1) is 5.56 Å². The Balaban J connectivity index is 3.37. The van der Waals surface area contributed by atoms with Gasteiger partial charge >= 0.3 is 0 Å². The van der Waals surface area contributed by atoms with Crippen LogP contribution in [0.4, 0.5) is 5.82 Å². The van der Waals surface area contributed by atoms with E-state index in [9.17, 15) is 0 Å². The van der Waals surface area contributed by atoms with Crippen molar-refractivity contribution in [3.8, 4) is 12.1 Å². The van der Waals surface area contributed by atoms with Crippen LogP contribution in [0.1, 0.15) is 11.1 Å². The molecular formula is C7H5N5. The van der Waals surface area contributed by atoms with E-state index in [2.05, 4.69) is 10.4 Å². The Morgan fingerprint density at radius 1 is 1.42 bits per heavy atom. The molecule has 0 saturated heterocycles. The van der Waals surface area contributed by atoms with E-state index >= 15 is 0 Å². The lowest BCUT2D eigenvalue weighted by Crippen LogP contribution is -2.10. The number of hydrazine groups is 1. The lowest BCUT2D eigenvalue weighted by Gasteiger charge is -2.00. The first-order valence-corrected chi connectivity index (χ1v) is 3.09. The standard InChI is InChI=1S/C7H5N5/c8-3-5-1-2-11-7(12-10)6(5)4-9/h1-2H,10H2,(H,11,12). The van der Waals surface area contributed by atoms with Crippen LogP contribution in [0.15, 0.2) is 12.3 Å². The van der Waals surface area contributed by atoms with Crippen LogP contribution in [-0.4, -0.2) is 4.98 Å². The Morgan fingerprint density at radius 3 is 2.67 bits per heavy atom. The maximum atomic E-state index is 8.62. The average Bonchev–Trinajstić information content (AvgIpc) is 2.16. The second-order valence-electron chi connectivity index (χ2n) is 1.95. The predicted molar refractivity (Wildman–Crippen MR) is 41.5 cm³/mol. The lowest BCUT2D eigenvalue weighted by molar-refractivity contribution is 1.20. The molecule has 0 bridgehead atoms. The molecule has 1 heterocycles. The molecule has 12 heavy (non-hydrogen) atoms. The van der Waals surface area contributed by atoms with Gasteiger partial charge in [-0.3, -0.25) is 0 Å². The van der Waals surface area contributed by atoms with Crippen molar-refractivity contribution in [2.24, 2.45) is 5.84 Å². The molecule has 0 atom stereocenters. The van der Waals surface area contributed by atoms with Crippen molar-refractivity contribution in [1.82, 2.24) is 4.98 Å². The summed E-state index contributed by atoms with van der Waals surface area (Å²) in [6, 6.07) is 5.16. The summed E-state index contributed by atoms with van der Waals surface area (Å²) in [7, 11) is 0. The van der Waals surface area contributed by atoms with E-state index in [1.165, 1.54) is 12.3 Å². The van der Waals surface area contributed by atoms with Crippen LogP contribution in [0.25, 0.3) is 0 Å². The lowest BCUT2D eigenvalue weighted by atomic mass is 10.1. The topological polar surface area (TPSA) is 98.5 Å². The highest BCUT2D eigenvalue weighted by Crippen LogP contribution is 2.13. The number of nitrogens with one attached hydrogen (secondary N) is 1. The highest BCUT2D eigenvalue weighted by Gasteiger charge is 2.06. The smallest absolute Gasteiger partial charge is 0.159 e. The molecule has 1 rings (SSSR count). The van der Waals surface area contributed by atoms with Gasteiger partial charge < -0.3 is 5.43 Å². The van der Waals surface area contributed by atoms with E-state index in [1.807, 2.05) is 12.1 Å². The molecule has 5 heteroatoms. The van der Waals surface area contributed by atoms with Gasteiger partial charge in [0.15, 0.2) is 5.82 Å². The molecule has 1 aromatic rings. The number of pyridine rings is 1. The highest BCUT2D eigenvalue weighted by atomic mass is 15.2. The van der Waals surface area contributed by atoms with Gasteiger partial charge in [-0.25, -0.2) is 10.8 Å². The SMILES string of the molecule is N#Cc1ccnc(NN)c1C#N. The summed E-state index contributed by atoms with van der Waals surface area (Å²) in [6.07, 6.45) is 1.41. The maximum Gasteiger partial charge on any atom is 0.159 e. The van der Waals surface area contributed by atoms with Crippen LogP contribution in [-0.2, 0) is 0 Å². The second kappa shape index (κ2) is 3.33. The van der Waals surface area contributed by atoms with E-state index in [0.717, 1.165) is 0 Å². The number of nitriles is 2. The van der Waals surface area contributed by atoms with Crippen LogP contribution in [0, 0.1) is 22.7 Å². The molecule has 5 nitrogen and oxygen atoms in total. The van der Waals surface area contributed by atoms with E-state index in [4.69, 9.17) is 16.4 Å². The number of rotatable bonds is 1. The van der Waals surface area contributed by atoms with Gasteiger partial charge in [-0.1, -0.05) is 0 Å². The zero-order valence-electron chi connectivity index (χ0n) is 6.07. The van der Waals surface area contributed by atoms with Gasteiger partial charge in [-0.2, -0.15) is 10.5 Å². The molecule has 1 aromatic heterocycles. The first-order chi connectivity index (χ1) is 5.83. The molecule has 58 valence electrons. The summed E-state index contributed by atoms with van der Waals surface area (Å²) in [4.78, 5) is 3.77. The van der Waals surface area contributed by atoms with Crippen molar-refractivity contribution in [2.45, 2.75) is 0 Å². The quantitative estimate of drug-likeness (QED) is 0.447. The van der Waals surface area contributed by atoms with E-state index in [-0.39, 0.29) is 16.9 Å². The summed E-state index contributed by atoms with van der Waals surface area (Å²) in [5.41, 5.74) is 2.67. The number of anilines is 1. The van der Waals surface area contributed by atoms with Crippen molar-refractivity contribution in [2.75, 3.05) is 5.43 Å². The first-order valence-electron chi connectivity index (χ1n) is 3.09. The normalized spacial score (nSPS) is 8.25. The van der Waals surface area contributed by atoms with Crippen molar-refractivity contribution in [3.63, 3.8) is 0 Å². The highest BCUT2D eigenvalue weighted by molar-refractivity contribution is 5.58. The Kier molecular flexibility index (Phi) is 2.22. The molecule has 0 aromatic carbocycles. The summed E-state index contributed by atoms with van der Waals surface area (Å²) in [5.74, 6) is 5.30. The molecule has 0 aliphatic carbocycles. The average molecular weight is 159 g/mol. The van der Waals surface area contributed by atoms with Gasteiger partial charge in [0.25, 0.3) is 0 Å². The largest absolute Gasteiger partial charge is 0.307 e. The minimum Gasteiger partial charge on any atom is -0.307 e. The van der Waals surface area contributed by atoms with Gasteiger partial charge in [-0.05, 0) is 6.07 Å². The molecular weight excluding hydrogens is 154 g/mol. The third-order valence-electron chi connectivity index (χ3n) is 1.32. The minimum absolute atomic E-state index is 0.169. The molecule has 0 aliphatic rings. The molecule has 0 radical (unpaired) electrons. The number of nitrogens with zero attached hydrogens (tertiary/aromatic N) is 3. The van der Waals surface area contributed by atoms with Gasteiger partial charge in [0.1, 0.15) is 17.7 Å². The van der Waals surface area contributed by atoms with Gasteiger partial charge in [-0.15, -0.1) is 0 Å². The Hall–Kier alpha value is -2.11. The van der Waals surface area contributed by atoms with E-state index in [0.29, 0.717) is 0 Å². The molecule has 3 N–H and O–H groups in total. The zero-order valence-corrected chi connectivity index (χ0v) is 6.07. The maximum absolute atomic E-state index is 8.62. The predicted octanol–water partition coefficient (Wildman–Crippen LogP) is 0.111. The van der Waals surface area contributed by atoms with E-state index < -0.39 is 0 Å². The summed E-state index contributed by atoms with van der Waals surface area (Å²) in [5, 5.41) is 17.2. The Labute approximate surface area is 69.0 Å². The van der Waals surface area contributed by atoms with Gasteiger partial charge in [0, 0.05) is 6.20 Å². The van der Waals surface area contributed by atoms with Crippen molar-refractivity contribution < 1.29 is 0 Å². The van der Waals surface area contributed by atoms with Gasteiger partial charge in [0.2, 0.25) is 0 Å². The summed E-state index contributed by atoms with van der Waals surface area (Å²) in [6.45, 7) is 0. The molecule has 0 aliphatic heterocycles. The third kappa shape index (κ3) is 1.17. The molecule has 0 saturated carbocycles. The second-order valence-corrected chi connectivity index (χ2v) is 1.95. The minimum atomic E-state index is 0.169. The summed E-state index contributed by atoms with van der Waals surface area (Å²) < 4.78 is 0. The van der Waals surface area contributed by atoms with E-state index in [1.54, 1.807) is 0 Å². The van der Waals surface area contributed by atoms with Crippen molar-refractivity contribution >= 4 is 5.82 Å². The number of aromatic nitrogens is 1. The monoisotopic (exact) mass is 159 g/mol.